The Labute approximate surface area is 126 Å². The van der Waals surface area contributed by atoms with E-state index in [0.717, 1.165) is 24.4 Å². The van der Waals surface area contributed by atoms with E-state index >= 15 is 0 Å². The summed E-state index contributed by atoms with van der Waals surface area (Å²) in [6, 6.07) is 3.71. The fourth-order valence-corrected chi connectivity index (χ4v) is 2.68. The maximum atomic E-state index is 11.6. The maximum Gasteiger partial charge on any atom is 0.315 e. The van der Waals surface area contributed by atoms with E-state index in [1.165, 1.54) is 38.8 Å². The predicted octanol–water partition coefficient (Wildman–Crippen LogP) is 2.05. The van der Waals surface area contributed by atoms with Crippen molar-refractivity contribution in [3.63, 3.8) is 0 Å². The summed E-state index contributed by atoms with van der Waals surface area (Å²) < 4.78 is 0. The highest BCUT2D eigenvalue weighted by Crippen LogP contribution is 2.18. The van der Waals surface area contributed by atoms with E-state index in [1.807, 2.05) is 12.1 Å². The van der Waals surface area contributed by atoms with Crippen LogP contribution in [0.5, 0.6) is 0 Å². The smallest absolute Gasteiger partial charge is 0.315 e. The summed E-state index contributed by atoms with van der Waals surface area (Å²) in [4.78, 5) is 15.6. The number of piperidine rings is 1. The molecule has 0 unspecified atom stereocenters. The topological polar surface area (TPSA) is 66.1 Å². The Balaban J connectivity index is 1.47. The highest BCUT2D eigenvalue weighted by molar-refractivity contribution is 5.73. The molecule has 1 aliphatic heterocycles. The second-order valence-corrected chi connectivity index (χ2v) is 5.65. The molecule has 2 rings (SSSR count). The van der Waals surface area contributed by atoms with Gasteiger partial charge in [0.25, 0.3) is 0 Å². The minimum atomic E-state index is -0.0892. The zero-order chi connectivity index (χ0) is 14.8. The second-order valence-electron chi connectivity index (χ2n) is 5.65. The molecule has 1 aliphatic rings. The summed E-state index contributed by atoms with van der Waals surface area (Å²) in [6.07, 6.45) is 9.63. The first-order valence-corrected chi connectivity index (χ1v) is 7.96. The minimum absolute atomic E-state index is 0.0892. The molecule has 21 heavy (non-hydrogen) atoms. The number of nitrogens with one attached hydrogen (secondary N) is 3. The molecule has 5 nitrogen and oxygen atoms in total. The fraction of sp³-hybridized carbons (Fsp3) is 0.625. The van der Waals surface area contributed by atoms with E-state index in [-0.39, 0.29) is 6.03 Å². The molecule has 1 saturated heterocycles. The lowest BCUT2D eigenvalue weighted by Gasteiger charge is -2.22. The average molecular weight is 290 g/mol. The third-order valence-electron chi connectivity index (χ3n) is 3.99. The number of carbonyl (C=O) groups is 1. The molecule has 0 atom stereocenters. The number of aromatic nitrogens is 1. The summed E-state index contributed by atoms with van der Waals surface area (Å²) in [7, 11) is 0. The van der Waals surface area contributed by atoms with Crippen LogP contribution >= 0.6 is 0 Å². The van der Waals surface area contributed by atoms with Crippen molar-refractivity contribution in [1.29, 1.82) is 0 Å². The SMILES string of the molecule is O=C(NCCCCC1CCNCC1)NCc1ccncc1. The minimum Gasteiger partial charge on any atom is -0.338 e. The molecule has 3 N–H and O–H groups in total. The summed E-state index contributed by atoms with van der Waals surface area (Å²) in [6.45, 7) is 3.64. The third-order valence-corrected chi connectivity index (χ3v) is 3.99. The molecule has 1 aromatic rings. The lowest BCUT2D eigenvalue weighted by Crippen LogP contribution is -2.35. The fourth-order valence-electron chi connectivity index (χ4n) is 2.68. The third kappa shape index (κ3) is 6.58. The Bertz CT molecular complexity index is 404. The molecule has 0 aromatic carbocycles. The first-order valence-electron chi connectivity index (χ1n) is 7.96. The number of carbonyl (C=O) groups excluding carboxylic acids is 1. The van der Waals surface area contributed by atoms with Gasteiger partial charge in [0.2, 0.25) is 0 Å². The number of hydrogen-bond acceptors (Lipinski definition) is 3. The first kappa shape index (κ1) is 15.8. The van der Waals surface area contributed by atoms with Crippen LogP contribution in [0, 0.1) is 5.92 Å². The van der Waals surface area contributed by atoms with Gasteiger partial charge in [-0.1, -0.05) is 12.8 Å². The van der Waals surface area contributed by atoms with Crippen molar-refractivity contribution < 1.29 is 4.79 Å². The van der Waals surface area contributed by atoms with E-state index in [9.17, 15) is 4.79 Å². The van der Waals surface area contributed by atoms with Crippen molar-refractivity contribution in [2.45, 2.75) is 38.6 Å². The first-order chi connectivity index (χ1) is 10.3. The van der Waals surface area contributed by atoms with Crippen LogP contribution in [0.4, 0.5) is 4.79 Å². The molecule has 0 radical (unpaired) electrons. The number of nitrogens with zero attached hydrogens (tertiary/aromatic N) is 1. The second kappa shape index (κ2) is 9.34. The standard InChI is InChI=1S/C16H26N4O/c21-16(20-13-15-6-11-18-12-7-15)19-8-2-1-3-14-4-9-17-10-5-14/h6-7,11-12,14,17H,1-5,8-10,13H2,(H2,19,20,21). The molecule has 0 spiro atoms. The molecule has 2 heterocycles. The molecule has 1 aromatic heterocycles. The van der Waals surface area contributed by atoms with Gasteiger partial charge >= 0.3 is 6.03 Å². The number of unbranched alkanes of at least 4 members (excludes halogenated alkanes) is 1. The summed E-state index contributed by atoms with van der Waals surface area (Å²) in [5.74, 6) is 0.881. The van der Waals surface area contributed by atoms with E-state index in [4.69, 9.17) is 0 Å². The van der Waals surface area contributed by atoms with Gasteiger partial charge < -0.3 is 16.0 Å². The number of rotatable bonds is 7. The van der Waals surface area contributed by atoms with Crippen molar-refractivity contribution in [2.75, 3.05) is 19.6 Å². The van der Waals surface area contributed by atoms with E-state index in [2.05, 4.69) is 20.9 Å². The Morgan fingerprint density at radius 3 is 2.71 bits per heavy atom. The number of urea groups is 1. The van der Waals surface area contributed by atoms with Crippen molar-refractivity contribution in [3.8, 4) is 0 Å². The Morgan fingerprint density at radius 1 is 1.19 bits per heavy atom. The lowest BCUT2D eigenvalue weighted by atomic mass is 9.92. The normalized spacial score (nSPS) is 15.6. The zero-order valence-corrected chi connectivity index (χ0v) is 12.6. The van der Waals surface area contributed by atoms with E-state index in [1.54, 1.807) is 12.4 Å². The Hall–Kier alpha value is -1.62. The van der Waals surface area contributed by atoms with Crippen LogP contribution in [0.1, 0.15) is 37.7 Å². The molecule has 116 valence electrons. The largest absolute Gasteiger partial charge is 0.338 e. The van der Waals surface area contributed by atoms with Crippen LogP contribution < -0.4 is 16.0 Å². The summed E-state index contributed by atoms with van der Waals surface area (Å²) in [5.41, 5.74) is 1.06. The van der Waals surface area contributed by atoms with Crippen molar-refractivity contribution in [2.24, 2.45) is 5.92 Å². The summed E-state index contributed by atoms with van der Waals surface area (Å²) in [5, 5.41) is 9.16. The molecule has 5 heteroatoms. The van der Waals surface area contributed by atoms with Gasteiger partial charge in [0.1, 0.15) is 0 Å². The van der Waals surface area contributed by atoms with Crippen molar-refractivity contribution in [1.82, 2.24) is 20.9 Å². The Kier molecular flexibility index (Phi) is 7.01. The molecular formula is C16H26N4O. The molecule has 0 saturated carbocycles. The average Bonchev–Trinajstić information content (AvgIpc) is 2.54. The number of amides is 2. The van der Waals surface area contributed by atoms with Crippen LogP contribution in [0.2, 0.25) is 0 Å². The van der Waals surface area contributed by atoms with Gasteiger partial charge in [0.15, 0.2) is 0 Å². The zero-order valence-electron chi connectivity index (χ0n) is 12.6. The monoisotopic (exact) mass is 290 g/mol. The van der Waals surface area contributed by atoms with Crippen molar-refractivity contribution in [3.05, 3.63) is 30.1 Å². The quantitative estimate of drug-likeness (QED) is 0.673. The Morgan fingerprint density at radius 2 is 1.95 bits per heavy atom. The number of pyridine rings is 1. The van der Waals surface area contributed by atoms with Crippen LogP contribution in [0.3, 0.4) is 0 Å². The molecule has 0 aliphatic carbocycles. The van der Waals surface area contributed by atoms with E-state index < -0.39 is 0 Å². The maximum absolute atomic E-state index is 11.6. The highest BCUT2D eigenvalue weighted by Gasteiger charge is 2.11. The van der Waals surface area contributed by atoms with Crippen molar-refractivity contribution >= 4 is 6.03 Å². The van der Waals surface area contributed by atoms with Gasteiger partial charge in [-0.25, -0.2) is 4.79 Å². The van der Waals surface area contributed by atoms with Gasteiger partial charge in [-0.05, 0) is 56.0 Å². The van der Waals surface area contributed by atoms with E-state index in [0.29, 0.717) is 6.54 Å². The van der Waals surface area contributed by atoms with Gasteiger partial charge in [0, 0.05) is 25.5 Å². The van der Waals surface area contributed by atoms with Gasteiger partial charge in [-0.3, -0.25) is 4.98 Å². The molecular weight excluding hydrogens is 264 g/mol. The van der Waals surface area contributed by atoms with Gasteiger partial charge in [0.05, 0.1) is 0 Å². The van der Waals surface area contributed by atoms with Crippen LogP contribution in [0.15, 0.2) is 24.5 Å². The van der Waals surface area contributed by atoms with Gasteiger partial charge in [-0.15, -0.1) is 0 Å². The lowest BCUT2D eigenvalue weighted by molar-refractivity contribution is 0.240. The van der Waals surface area contributed by atoms with Crippen LogP contribution in [0.25, 0.3) is 0 Å². The van der Waals surface area contributed by atoms with Crippen LogP contribution in [-0.4, -0.2) is 30.6 Å². The summed E-state index contributed by atoms with van der Waals surface area (Å²) >= 11 is 0. The highest BCUT2D eigenvalue weighted by atomic mass is 16.2. The molecule has 0 bridgehead atoms. The number of hydrogen-bond donors (Lipinski definition) is 3. The molecule has 1 fully saturated rings. The predicted molar refractivity (Wildman–Crippen MR) is 83.9 cm³/mol. The molecule has 2 amide bonds. The van der Waals surface area contributed by atoms with Crippen LogP contribution in [-0.2, 0) is 6.54 Å². The van der Waals surface area contributed by atoms with Gasteiger partial charge in [-0.2, -0.15) is 0 Å².